The summed E-state index contributed by atoms with van der Waals surface area (Å²) in [6.45, 7) is 2.89. The minimum absolute atomic E-state index is 0.0567. The monoisotopic (exact) mass is 642 g/mol. The Morgan fingerprint density at radius 1 is 0.971 bits per heavy atom. The Balaban J connectivity index is 1.82. The van der Waals surface area contributed by atoms with E-state index in [9.17, 15) is 19.2 Å². The minimum Gasteiger partial charge on any atom is -0.454 e. The SMILES string of the molecule is CC(C)C[C@H](C(=O)OCC(=O)Nc1ccc(Br)cc1Cl)N1C(=O)c2c(Cl)c(Cl)c(Cl)c(Cl)c2C1=O. The summed E-state index contributed by atoms with van der Waals surface area (Å²) in [5, 5.41) is 1.91. The highest BCUT2D eigenvalue weighted by atomic mass is 79.9. The average molecular weight is 646 g/mol. The fourth-order valence-electron chi connectivity index (χ4n) is 3.41. The van der Waals surface area contributed by atoms with Crippen molar-refractivity contribution in [2.24, 2.45) is 5.92 Å². The number of nitrogens with one attached hydrogen (secondary N) is 1. The summed E-state index contributed by atoms with van der Waals surface area (Å²) in [6, 6.07) is 3.47. The number of fused-ring (bicyclic) bond motifs is 1. The molecular weight excluding hydrogens is 629 g/mol. The zero-order chi connectivity index (χ0) is 26.2. The number of ether oxygens (including phenoxy) is 1. The van der Waals surface area contributed by atoms with Crippen LogP contribution < -0.4 is 5.32 Å². The molecule has 2 aromatic carbocycles. The number of benzene rings is 2. The van der Waals surface area contributed by atoms with Gasteiger partial charge < -0.3 is 10.1 Å². The van der Waals surface area contributed by atoms with E-state index in [1.165, 1.54) is 0 Å². The Morgan fingerprint density at radius 3 is 2.00 bits per heavy atom. The molecule has 0 aliphatic carbocycles. The standard InChI is InChI=1S/C22H16BrCl5N2O5/c1-8(2)5-12(22(34)35-7-13(31)29-11-4-3-9(23)6-10(11)24)30-20(32)14-15(21(30)33)17(26)19(28)18(27)16(14)25/h3-4,6,8,12H,5,7H2,1-2H3,(H,29,31)/t12-/m1/s1. The number of imide groups is 1. The summed E-state index contributed by atoms with van der Waals surface area (Å²) in [5.74, 6) is -3.51. The van der Waals surface area contributed by atoms with Gasteiger partial charge in [-0.2, -0.15) is 0 Å². The number of hydrogen-bond donors (Lipinski definition) is 1. The maximum Gasteiger partial charge on any atom is 0.329 e. The highest BCUT2D eigenvalue weighted by molar-refractivity contribution is 9.10. The third-order valence-corrected chi connectivity index (χ3v) is 7.57. The van der Waals surface area contributed by atoms with Crippen LogP contribution in [0.15, 0.2) is 22.7 Å². The minimum atomic E-state index is -1.35. The van der Waals surface area contributed by atoms with Crippen molar-refractivity contribution >= 4 is 103 Å². The molecule has 0 radical (unpaired) electrons. The molecule has 0 saturated carbocycles. The molecule has 0 bridgehead atoms. The van der Waals surface area contributed by atoms with Crippen molar-refractivity contribution in [1.29, 1.82) is 0 Å². The molecule has 1 atom stereocenters. The summed E-state index contributed by atoms with van der Waals surface area (Å²) < 4.78 is 5.87. The molecule has 186 valence electrons. The number of nitrogens with zero attached hydrogens (tertiary/aromatic N) is 1. The maximum absolute atomic E-state index is 13.2. The lowest BCUT2D eigenvalue weighted by atomic mass is 10.0. The van der Waals surface area contributed by atoms with E-state index in [2.05, 4.69) is 21.2 Å². The molecule has 3 rings (SSSR count). The van der Waals surface area contributed by atoms with Crippen LogP contribution in [0.4, 0.5) is 5.69 Å². The zero-order valence-electron chi connectivity index (χ0n) is 18.1. The number of anilines is 1. The van der Waals surface area contributed by atoms with Gasteiger partial charge in [0.1, 0.15) is 6.04 Å². The van der Waals surface area contributed by atoms with E-state index in [-0.39, 0.29) is 48.6 Å². The number of carbonyl (C=O) groups excluding carboxylic acids is 4. The molecule has 1 N–H and O–H groups in total. The van der Waals surface area contributed by atoms with Gasteiger partial charge in [-0.1, -0.05) is 87.8 Å². The number of hydrogen-bond acceptors (Lipinski definition) is 5. The Bertz CT molecular complexity index is 1210. The van der Waals surface area contributed by atoms with Crippen LogP contribution in [0.3, 0.4) is 0 Å². The first-order chi connectivity index (χ1) is 16.3. The molecule has 35 heavy (non-hydrogen) atoms. The smallest absolute Gasteiger partial charge is 0.329 e. The fraction of sp³-hybridized carbons (Fsp3) is 0.273. The summed E-state index contributed by atoms with van der Waals surface area (Å²) in [5.41, 5.74) is -0.187. The summed E-state index contributed by atoms with van der Waals surface area (Å²) >= 11 is 33.8. The first-order valence-electron chi connectivity index (χ1n) is 10.0. The van der Waals surface area contributed by atoms with Crippen LogP contribution in [-0.2, 0) is 14.3 Å². The van der Waals surface area contributed by atoms with Crippen molar-refractivity contribution in [3.63, 3.8) is 0 Å². The van der Waals surface area contributed by atoms with Crippen molar-refractivity contribution in [3.8, 4) is 0 Å². The van der Waals surface area contributed by atoms with E-state index < -0.39 is 36.3 Å². The van der Waals surface area contributed by atoms with Gasteiger partial charge in [-0.05, 0) is 30.5 Å². The van der Waals surface area contributed by atoms with Gasteiger partial charge >= 0.3 is 5.97 Å². The fourth-order valence-corrected chi connectivity index (χ4v) is 5.15. The second-order valence-corrected chi connectivity index (χ2v) is 10.7. The van der Waals surface area contributed by atoms with E-state index in [1.54, 1.807) is 32.0 Å². The van der Waals surface area contributed by atoms with Gasteiger partial charge in [0.25, 0.3) is 17.7 Å². The van der Waals surface area contributed by atoms with Crippen LogP contribution in [0, 0.1) is 5.92 Å². The average Bonchev–Trinajstić information content (AvgIpc) is 3.04. The third kappa shape index (κ3) is 5.73. The van der Waals surface area contributed by atoms with Gasteiger partial charge in [-0.15, -0.1) is 0 Å². The van der Waals surface area contributed by atoms with Crippen LogP contribution in [0.2, 0.25) is 25.1 Å². The van der Waals surface area contributed by atoms with E-state index in [4.69, 9.17) is 62.7 Å². The van der Waals surface area contributed by atoms with Crippen LogP contribution in [0.1, 0.15) is 41.0 Å². The summed E-state index contributed by atoms with van der Waals surface area (Å²) in [6.07, 6.45) is 0.0567. The number of amides is 3. The van der Waals surface area contributed by atoms with Crippen molar-refractivity contribution in [2.75, 3.05) is 11.9 Å². The van der Waals surface area contributed by atoms with E-state index >= 15 is 0 Å². The molecule has 1 heterocycles. The van der Waals surface area contributed by atoms with E-state index in [0.29, 0.717) is 15.1 Å². The van der Waals surface area contributed by atoms with Crippen LogP contribution >= 0.6 is 73.9 Å². The number of halogens is 6. The molecule has 13 heteroatoms. The second-order valence-electron chi connectivity index (χ2n) is 7.91. The van der Waals surface area contributed by atoms with Gasteiger partial charge in [-0.25, -0.2) is 4.79 Å². The number of esters is 1. The maximum atomic E-state index is 13.2. The Hall–Kier alpha value is -1.55. The Kier molecular flexibility index (Phi) is 9.00. The van der Waals surface area contributed by atoms with Gasteiger partial charge in [0.05, 0.1) is 41.9 Å². The molecule has 0 saturated heterocycles. The molecular formula is C22H16BrCl5N2O5. The second kappa shape index (κ2) is 11.2. The predicted molar refractivity (Wildman–Crippen MR) is 139 cm³/mol. The number of rotatable bonds is 7. The molecule has 3 amide bonds. The van der Waals surface area contributed by atoms with Crippen molar-refractivity contribution in [2.45, 2.75) is 26.3 Å². The first-order valence-corrected chi connectivity index (χ1v) is 12.7. The lowest BCUT2D eigenvalue weighted by molar-refractivity contribution is -0.151. The van der Waals surface area contributed by atoms with E-state index in [0.717, 1.165) is 0 Å². The molecule has 2 aromatic rings. The molecule has 1 aliphatic heterocycles. The molecule has 0 unspecified atom stereocenters. The molecule has 7 nitrogen and oxygen atoms in total. The molecule has 0 spiro atoms. The highest BCUT2D eigenvalue weighted by Crippen LogP contribution is 2.45. The normalized spacial score (nSPS) is 13.8. The Morgan fingerprint density at radius 2 is 1.51 bits per heavy atom. The number of carbonyl (C=O) groups is 4. The lowest BCUT2D eigenvalue weighted by Gasteiger charge is -2.26. The lowest BCUT2D eigenvalue weighted by Crippen LogP contribution is -2.47. The Labute approximate surface area is 234 Å². The third-order valence-electron chi connectivity index (χ3n) is 4.96. The molecule has 1 aliphatic rings. The van der Waals surface area contributed by atoms with Gasteiger partial charge in [0, 0.05) is 4.47 Å². The summed E-state index contributed by atoms with van der Waals surface area (Å²) in [7, 11) is 0. The quantitative estimate of drug-likeness (QED) is 0.153. The zero-order valence-corrected chi connectivity index (χ0v) is 23.4. The van der Waals surface area contributed by atoms with Gasteiger partial charge in [0.15, 0.2) is 6.61 Å². The van der Waals surface area contributed by atoms with Crippen molar-refractivity contribution in [3.05, 3.63) is 58.9 Å². The van der Waals surface area contributed by atoms with Crippen molar-refractivity contribution in [1.82, 2.24) is 4.90 Å². The molecule has 0 fully saturated rings. The van der Waals surface area contributed by atoms with Crippen LogP contribution in [0.25, 0.3) is 0 Å². The van der Waals surface area contributed by atoms with Crippen LogP contribution in [0.5, 0.6) is 0 Å². The first kappa shape index (κ1) is 28.0. The van der Waals surface area contributed by atoms with Gasteiger partial charge in [-0.3, -0.25) is 19.3 Å². The summed E-state index contributed by atoms with van der Waals surface area (Å²) in [4.78, 5) is 52.4. The largest absolute Gasteiger partial charge is 0.454 e. The van der Waals surface area contributed by atoms with Crippen molar-refractivity contribution < 1.29 is 23.9 Å². The highest BCUT2D eigenvalue weighted by Gasteiger charge is 2.47. The van der Waals surface area contributed by atoms with Gasteiger partial charge in [0.2, 0.25) is 0 Å². The molecule has 0 aromatic heterocycles. The predicted octanol–water partition coefficient (Wildman–Crippen LogP) is 6.91. The van der Waals surface area contributed by atoms with Crippen LogP contribution in [-0.4, -0.2) is 41.2 Å². The topological polar surface area (TPSA) is 92.8 Å². The van der Waals surface area contributed by atoms with E-state index in [1.807, 2.05) is 0 Å².